The van der Waals surface area contributed by atoms with Gasteiger partial charge in [-0.3, -0.25) is 0 Å². The summed E-state index contributed by atoms with van der Waals surface area (Å²) in [4.78, 5) is 10.7. The molecule has 0 saturated heterocycles. The molecule has 0 fully saturated rings. The third-order valence-electron chi connectivity index (χ3n) is 12.2. The third kappa shape index (κ3) is 4.78. The lowest BCUT2D eigenvalue weighted by atomic mass is 9.82. The molecule has 0 unspecified atom stereocenters. The summed E-state index contributed by atoms with van der Waals surface area (Å²) in [7, 11) is 0. The molecular formula is C53H35N3S. The van der Waals surface area contributed by atoms with E-state index in [0.717, 1.165) is 33.5 Å². The normalized spacial score (nSPS) is 13.2. The van der Waals surface area contributed by atoms with Crippen LogP contribution in [0.1, 0.15) is 25.0 Å². The van der Waals surface area contributed by atoms with E-state index in [9.17, 15) is 0 Å². The van der Waals surface area contributed by atoms with Gasteiger partial charge in [0.25, 0.3) is 0 Å². The number of thiophene rings is 1. The number of benzene rings is 8. The number of hydrogen-bond donors (Lipinski definition) is 0. The zero-order chi connectivity index (χ0) is 37.8. The summed E-state index contributed by atoms with van der Waals surface area (Å²) >= 11 is 1.85. The fourth-order valence-electron chi connectivity index (χ4n) is 9.47. The Bertz CT molecular complexity index is 3440. The number of nitrogens with zero attached hydrogens (tertiary/aromatic N) is 3. The molecular weight excluding hydrogens is 711 g/mol. The number of aromatic nitrogens is 3. The lowest BCUT2D eigenvalue weighted by Gasteiger charge is -2.21. The molecule has 1 aliphatic rings. The fourth-order valence-corrected chi connectivity index (χ4v) is 10.5. The molecule has 0 spiro atoms. The van der Waals surface area contributed by atoms with Gasteiger partial charge in [-0.25, -0.2) is 9.97 Å². The highest BCUT2D eigenvalue weighted by atomic mass is 32.1. The van der Waals surface area contributed by atoms with Crippen LogP contribution in [0.25, 0.3) is 103 Å². The summed E-state index contributed by atoms with van der Waals surface area (Å²) in [6.45, 7) is 4.64. The lowest BCUT2D eigenvalue weighted by Crippen LogP contribution is -2.14. The SMILES string of the molecule is CC1(C)c2ccccc2-c2c(-c3nc(-c4ccc5sc6ccc(-c7ccc8c(c7)c7ccccc7n8-c7ccccc7)cc6c5c4)c4ccccc4n3)cccc21. The van der Waals surface area contributed by atoms with Gasteiger partial charge in [0.1, 0.15) is 0 Å². The highest BCUT2D eigenvalue weighted by Crippen LogP contribution is 2.52. The van der Waals surface area contributed by atoms with Gasteiger partial charge < -0.3 is 4.57 Å². The molecule has 0 aliphatic heterocycles. The summed E-state index contributed by atoms with van der Waals surface area (Å²) in [5, 5.41) is 6.08. The Morgan fingerprint density at radius 3 is 1.91 bits per heavy atom. The first kappa shape index (κ1) is 32.4. The number of fused-ring (bicyclic) bond motifs is 10. The van der Waals surface area contributed by atoms with Crippen molar-refractivity contribution in [3.8, 4) is 50.6 Å². The second-order valence-corrected chi connectivity index (χ2v) is 16.8. The summed E-state index contributed by atoms with van der Waals surface area (Å²) in [6, 6.07) is 64.0. The first-order chi connectivity index (χ1) is 28.0. The zero-order valence-electron chi connectivity index (χ0n) is 31.5. The van der Waals surface area contributed by atoms with Crippen molar-refractivity contribution in [2.75, 3.05) is 0 Å². The van der Waals surface area contributed by atoms with Crippen molar-refractivity contribution in [2.45, 2.75) is 19.3 Å². The Balaban J connectivity index is 1.01. The Hall–Kier alpha value is -6.88. The molecule has 0 bridgehead atoms. The monoisotopic (exact) mass is 745 g/mol. The molecule has 4 heteroatoms. The average molecular weight is 746 g/mol. The minimum Gasteiger partial charge on any atom is -0.309 e. The Morgan fingerprint density at radius 2 is 1.07 bits per heavy atom. The van der Waals surface area contributed by atoms with Crippen molar-refractivity contribution in [3.63, 3.8) is 0 Å². The molecule has 8 aromatic carbocycles. The van der Waals surface area contributed by atoms with E-state index in [1.807, 2.05) is 11.3 Å². The van der Waals surface area contributed by atoms with Gasteiger partial charge in [-0.15, -0.1) is 11.3 Å². The molecule has 0 atom stereocenters. The molecule has 0 N–H and O–H groups in total. The summed E-state index contributed by atoms with van der Waals surface area (Å²) in [5.74, 6) is 0.759. The maximum absolute atomic E-state index is 5.44. The largest absolute Gasteiger partial charge is 0.309 e. The van der Waals surface area contributed by atoms with Gasteiger partial charge in [-0.1, -0.05) is 129 Å². The van der Waals surface area contributed by atoms with Crippen LogP contribution in [0.4, 0.5) is 0 Å². The Morgan fingerprint density at radius 1 is 0.456 bits per heavy atom. The molecule has 3 heterocycles. The van der Waals surface area contributed by atoms with Crippen molar-refractivity contribution in [1.29, 1.82) is 0 Å². The van der Waals surface area contributed by atoms with Gasteiger partial charge in [0.05, 0.1) is 22.2 Å². The summed E-state index contributed by atoms with van der Waals surface area (Å²) in [5.41, 5.74) is 15.2. The smallest absolute Gasteiger partial charge is 0.161 e. The van der Waals surface area contributed by atoms with E-state index < -0.39 is 0 Å². The average Bonchev–Trinajstić information content (AvgIpc) is 3.88. The third-order valence-corrected chi connectivity index (χ3v) is 13.4. The van der Waals surface area contributed by atoms with E-state index >= 15 is 0 Å². The molecule has 268 valence electrons. The quantitative estimate of drug-likeness (QED) is 0.180. The van der Waals surface area contributed by atoms with Gasteiger partial charge in [-0.05, 0) is 94.0 Å². The molecule has 0 saturated carbocycles. The van der Waals surface area contributed by atoms with E-state index in [-0.39, 0.29) is 5.41 Å². The lowest BCUT2D eigenvalue weighted by molar-refractivity contribution is 0.660. The number of hydrogen-bond acceptors (Lipinski definition) is 3. The number of rotatable bonds is 4. The van der Waals surface area contributed by atoms with Gasteiger partial charge in [0, 0.05) is 58.6 Å². The maximum atomic E-state index is 5.44. The predicted octanol–water partition coefficient (Wildman–Crippen LogP) is 14.4. The molecule has 12 rings (SSSR count). The highest BCUT2D eigenvalue weighted by Gasteiger charge is 2.37. The van der Waals surface area contributed by atoms with Gasteiger partial charge >= 0.3 is 0 Å². The van der Waals surface area contributed by atoms with Crippen LogP contribution in [-0.4, -0.2) is 14.5 Å². The molecule has 57 heavy (non-hydrogen) atoms. The van der Waals surface area contributed by atoms with Crippen LogP contribution in [-0.2, 0) is 5.41 Å². The minimum atomic E-state index is -0.0989. The van der Waals surface area contributed by atoms with Gasteiger partial charge in [0.2, 0.25) is 0 Å². The second kappa shape index (κ2) is 12.1. The highest BCUT2D eigenvalue weighted by molar-refractivity contribution is 7.25. The van der Waals surface area contributed by atoms with Crippen LogP contribution in [0.15, 0.2) is 176 Å². The number of para-hydroxylation sites is 3. The molecule has 1 aliphatic carbocycles. The van der Waals surface area contributed by atoms with E-state index in [0.29, 0.717) is 0 Å². The standard InChI is InChI=1S/C53H35N3S/c1-53(2)43-19-9-6-16-37(43)50-39(18-12-20-44(50)53)52-54-45-21-10-7-17-38(45)51(55-52)34-25-28-49-42(31-34)41-30-33(24-27-48(41)57-49)32-23-26-47-40(29-32)36-15-8-11-22-46(36)56(47)35-13-4-3-5-14-35/h3-31H,1-2H3. The van der Waals surface area contributed by atoms with Gasteiger partial charge in [-0.2, -0.15) is 0 Å². The van der Waals surface area contributed by atoms with E-state index in [2.05, 4.69) is 194 Å². The summed E-state index contributed by atoms with van der Waals surface area (Å²) in [6.07, 6.45) is 0. The first-order valence-corrected chi connectivity index (χ1v) is 20.4. The maximum Gasteiger partial charge on any atom is 0.161 e. The molecule has 0 radical (unpaired) electrons. The molecule has 3 aromatic heterocycles. The zero-order valence-corrected chi connectivity index (χ0v) is 32.3. The molecule has 11 aromatic rings. The molecule has 3 nitrogen and oxygen atoms in total. The van der Waals surface area contributed by atoms with Crippen molar-refractivity contribution in [2.24, 2.45) is 0 Å². The van der Waals surface area contributed by atoms with Crippen LogP contribution < -0.4 is 0 Å². The van der Waals surface area contributed by atoms with Crippen LogP contribution >= 0.6 is 11.3 Å². The molecule has 0 amide bonds. The summed E-state index contributed by atoms with van der Waals surface area (Å²) < 4.78 is 4.92. The van der Waals surface area contributed by atoms with Crippen LogP contribution in [0.3, 0.4) is 0 Å². The Labute approximate surface area is 334 Å². The van der Waals surface area contributed by atoms with E-state index in [1.165, 1.54) is 81.0 Å². The van der Waals surface area contributed by atoms with Crippen molar-refractivity contribution >= 4 is 64.2 Å². The minimum absolute atomic E-state index is 0.0989. The van der Waals surface area contributed by atoms with Crippen molar-refractivity contribution < 1.29 is 0 Å². The topological polar surface area (TPSA) is 30.7 Å². The first-order valence-electron chi connectivity index (χ1n) is 19.6. The van der Waals surface area contributed by atoms with Crippen LogP contribution in [0, 0.1) is 0 Å². The Kier molecular flexibility index (Phi) is 6.85. The van der Waals surface area contributed by atoms with Crippen LogP contribution in [0.2, 0.25) is 0 Å². The van der Waals surface area contributed by atoms with Crippen LogP contribution in [0.5, 0.6) is 0 Å². The van der Waals surface area contributed by atoms with Crippen molar-refractivity contribution in [3.05, 3.63) is 187 Å². The fraction of sp³-hybridized carbons (Fsp3) is 0.0566. The van der Waals surface area contributed by atoms with E-state index in [4.69, 9.17) is 9.97 Å². The van der Waals surface area contributed by atoms with Gasteiger partial charge in [0.15, 0.2) is 5.82 Å². The second-order valence-electron chi connectivity index (χ2n) is 15.8. The predicted molar refractivity (Wildman–Crippen MR) is 241 cm³/mol. The van der Waals surface area contributed by atoms with Crippen molar-refractivity contribution in [1.82, 2.24) is 14.5 Å². The van der Waals surface area contributed by atoms with E-state index in [1.54, 1.807) is 0 Å².